The fourth-order valence-electron chi connectivity index (χ4n) is 4.17. The lowest BCUT2D eigenvalue weighted by Crippen LogP contribution is -2.38. The highest BCUT2D eigenvalue weighted by Crippen LogP contribution is 2.38. The quantitative estimate of drug-likeness (QED) is 0.292. The number of halogens is 2. The number of anilines is 3. The summed E-state index contributed by atoms with van der Waals surface area (Å²) >= 11 is 0. The third-order valence-electron chi connectivity index (χ3n) is 6.22. The smallest absolute Gasteiger partial charge is 0.278 e. The third kappa shape index (κ3) is 5.77. The molecule has 1 aromatic heterocycles. The van der Waals surface area contributed by atoms with Gasteiger partial charge in [0.05, 0.1) is 15.4 Å². The molecule has 0 saturated heterocycles. The molecule has 214 valence electrons. The van der Waals surface area contributed by atoms with Gasteiger partial charge in [0.15, 0.2) is 5.82 Å². The Balaban J connectivity index is 2.10. The topological polar surface area (TPSA) is 126 Å². The minimum absolute atomic E-state index is 0.0649. The lowest BCUT2D eigenvalue weighted by molar-refractivity contribution is 0.0962. The molecular formula is C28H26F2N4O5S2. The summed E-state index contributed by atoms with van der Waals surface area (Å²) in [6, 6.07) is 13.6. The lowest BCUT2D eigenvalue weighted by Gasteiger charge is -2.27. The van der Waals surface area contributed by atoms with E-state index in [1.807, 2.05) is 0 Å². The Labute approximate surface area is 237 Å². The van der Waals surface area contributed by atoms with Crippen LogP contribution in [0.5, 0.6) is 0 Å². The van der Waals surface area contributed by atoms with Crippen LogP contribution in [-0.4, -0.2) is 34.8 Å². The van der Waals surface area contributed by atoms with E-state index in [0.717, 1.165) is 54.2 Å². The summed E-state index contributed by atoms with van der Waals surface area (Å²) in [6.07, 6.45) is 1.16. The van der Waals surface area contributed by atoms with E-state index in [9.17, 15) is 30.4 Å². The average Bonchev–Trinajstić information content (AvgIpc) is 2.89. The van der Waals surface area contributed by atoms with E-state index in [1.54, 1.807) is 31.2 Å². The molecule has 0 atom stereocenters. The van der Waals surface area contributed by atoms with Gasteiger partial charge in [-0.1, -0.05) is 18.2 Å². The van der Waals surface area contributed by atoms with Crippen LogP contribution < -0.4 is 14.3 Å². The molecule has 0 fully saturated rings. The standard InChI is InChI=1S/C28H26F2N4O5S2/c1-17-7-5-6-8-23(17)33-27-24(15-20(16-32-27)28(35)31-4)34(40(36,37)25-11-9-21(29)13-18(25)2)41(38,39)26-12-10-22(30)14-19(26)3/h5-16H,1-4H3,(H,31,35)(H,32,33). The molecule has 9 nitrogen and oxygen atoms in total. The van der Waals surface area contributed by atoms with E-state index in [0.29, 0.717) is 5.69 Å². The normalized spacial score (nSPS) is 11.7. The van der Waals surface area contributed by atoms with Crippen molar-refractivity contribution < 1.29 is 30.4 Å². The van der Waals surface area contributed by atoms with E-state index >= 15 is 0 Å². The summed E-state index contributed by atoms with van der Waals surface area (Å²) in [5.74, 6) is -2.32. The molecule has 0 spiro atoms. The van der Waals surface area contributed by atoms with Crippen molar-refractivity contribution in [2.45, 2.75) is 30.6 Å². The Morgan fingerprint density at radius 2 is 1.32 bits per heavy atom. The van der Waals surface area contributed by atoms with Crippen molar-refractivity contribution in [2.24, 2.45) is 0 Å². The zero-order valence-corrected chi connectivity index (χ0v) is 24.1. The summed E-state index contributed by atoms with van der Waals surface area (Å²) in [5, 5.41) is 5.36. The molecule has 1 amide bonds. The molecule has 0 aliphatic heterocycles. The molecular weight excluding hydrogens is 574 g/mol. The van der Waals surface area contributed by atoms with Crippen LogP contribution >= 0.6 is 0 Å². The van der Waals surface area contributed by atoms with Crippen LogP contribution in [-0.2, 0) is 20.0 Å². The monoisotopic (exact) mass is 600 g/mol. The molecule has 13 heteroatoms. The molecule has 0 unspecified atom stereocenters. The third-order valence-corrected chi connectivity index (χ3v) is 10.7. The van der Waals surface area contributed by atoms with E-state index in [4.69, 9.17) is 0 Å². The van der Waals surface area contributed by atoms with Crippen molar-refractivity contribution in [3.63, 3.8) is 0 Å². The summed E-state index contributed by atoms with van der Waals surface area (Å²) in [4.78, 5) is 15.8. The number of para-hydroxylation sites is 1. The second-order valence-electron chi connectivity index (χ2n) is 9.14. The van der Waals surface area contributed by atoms with Gasteiger partial charge in [0.25, 0.3) is 26.0 Å². The molecule has 4 aromatic rings. The van der Waals surface area contributed by atoms with E-state index < -0.39 is 53.1 Å². The number of carbonyl (C=O) groups excluding carboxylic acids is 1. The maximum atomic E-state index is 14.3. The number of hydrogen-bond acceptors (Lipinski definition) is 7. The van der Waals surface area contributed by atoms with Crippen LogP contribution in [0.2, 0.25) is 0 Å². The minimum atomic E-state index is -5.04. The van der Waals surface area contributed by atoms with E-state index in [2.05, 4.69) is 15.6 Å². The van der Waals surface area contributed by atoms with Gasteiger partial charge in [-0.2, -0.15) is 20.5 Å². The number of pyridine rings is 1. The van der Waals surface area contributed by atoms with Crippen molar-refractivity contribution in [3.05, 3.63) is 107 Å². The fraction of sp³-hybridized carbons (Fsp3) is 0.143. The molecule has 0 saturated carbocycles. The van der Waals surface area contributed by atoms with Crippen LogP contribution in [0, 0.1) is 32.4 Å². The Morgan fingerprint density at radius 1 is 0.780 bits per heavy atom. The molecule has 0 bridgehead atoms. The van der Waals surface area contributed by atoms with Crippen LogP contribution in [0.3, 0.4) is 0 Å². The Morgan fingerprint density at radius 3 is 1.80 bits per heavy atom. The van der Waals surface area contributed by atoms with Crippen molar-refractivity contribution >= 4 is 43.1 Å². The second kappa shape index (κ2) is 11.3. The molecule has 41 heavy (non-hydrogen) atoms. The highest BCUT2D eigenvalue weighted by atomic mass is 32.3. The van der Waals surface area contributed by atoms with Gasteiger partial charge in [0, 0.05) is 18.9 Å². The van der Waals surface area contributed by atoms with Crippen LogP contribution in [0.4, 0.5) is 26.0 Å². The van der Waals surface area contributed by atoms with Gasteiger partial charge in [0.1, 0.15) is 17.3 Å². The molecule has 3 aromatic carbocycles. The predicted molar refractivity (Wildman–Crippen MR) is 151 cm³/mol. The first-order valence-corrected chi connectivity index (χ1v) is 15.0. The average molecular weight is 601 g/mol. The van der Waals surface area contributed by atoms with Gasteiger partial charge in [0.2, 0.25) is 0 Å². The van der Waals surface area contributed by atoms with Crippen molar-refractivity contribution in [3.8, 4) is 0 Å². The van der Waals surface area contributed by atoms with Gasteiger partial charge in [-0.3, -0.25) is 4.79 Å². The second-order valence-corrected chi connectivity index (χ2v) is 12.9. The first-order valence-electron chi connectivity index (χ1n) is 12.1. The van der Waals surface area contributed by atoms with Gasteiger partial charge in [-0.05, 0) is 86.0 Å². The first kappa shape index (κ1) is 29.6. The maximum absolute atomic E-state index is 14.3. The molecule has 0 aliphatic carbocycles. The van der Waals surface area contributed by atoms with Gasteiger partial charge in [-0.25, -0.2) is 13.8 Å². The van der Waals surface area contributed by atoms with Gasteiger partial charge in [-0.15, -0.1) is 0 Å². The summed E-state index contributed by atoms with van der Waals surface area (Å²) in [7, 11) is -8.73. The Bertz CT molecular complexity index is 1800. The SMILES string of the molecule is CNC(=O)c1cnc(Nc2ccccc2C)c(N(S(=O)(=O)c2ccc(F)cc2C)S(=O)(=O)c2ccc(F)cc2C)c1. The lowest BCUT2D eigenvalue weighted by atomic mass is 10.2. The number of aryl methyl sites for hydroxylation is 3. The van der Waals surface area contributed by atoms with E-state index in [-0.39, 0.29) is 26.2 Å². The largest absolute Gasteiger partial charge is 0.355 e. The zero-order valence-electron chi connectivity index (χ0n) is 22.4. The molecule has 2 N–H and O–H groups in total. The van der Waals surface area contributed by atoms with Crippen LogP contribution in [0.1, 0.15) is 27.0 Å². The predicted octanol–water partition coefficient (Wildman–Crippen LogP) is 4.97. The highest BCUT2D eigenvalue weighted by Gasteiger charge is 2.41. The zero-order chi connectivity index (χ0) is 30.1. The van der Waals surface area contributed by atoms with Crippen LogP contribution in [0.25, 0.3) is 0 Å². The maximum Gasteiger partial charge on any atom is 0.278 e. The van der Waals surface area contributed by atoms with Crippen molar-refractivity contribution in [1.29, 1.82) is 0 Å². The number of hydrogen-bond donors (Lipinski definition) is 2. The number of aromatic nitrogens is 1. The molecule has 0 radical (unpaired) electrons. The van der Waals surface area contributed by atoms with Gasteiger partial charge >= 0.3 is 0 Å². The number of benzene rings is 3. The number of amides is 1. The number of sulfonamides is 2. The molecule has 1 heterocycles. The number of rotatable bonds is 8. The Kier molecular flexibility index (Phi) is 8.13. The number of nitrogens with zero attached hydrogens (tertiary/aromatic N) is 2. The summed E-state index contributed by atoms with van der Waals surface area (Å²) in [5.41, 5.74) is 0.438. The van der Waals surface area contributed by atoms with Crippen LogP contribution in [0.15, 0.2) is 82.7 Å². The molecule has 0 aliphatic rings. The highest BCUT2D eigenvalue weighted by molar-refractivity contribution is 8.10. The summed E-state index contributed by atoms with van der Waals surface area (Å²) in [6.45, 7) is 4.40. The Hall–Kier alpha value is -4.36. The van der Waals surface area contributed by atoms with Crippen molar-refractivity contribution in [2.75, 3.05) is 16.1 Å². The fourth-order valence-corrected chi connectivity index (χ4v) is 8.25. The molecule has 4 rings (SSSR count). The summed E-state index contributed by atoms with van der Waals surface area (Å²) < 4.78 is 85.2. The minimum Gasteiger partial charge on any atom is -0.355 e. The van der Waals surface area contributed by atoms with Crippen molar-refractivity contribution in [1.82, 2.24) is 10.3 Å². The first-order chi connectivity index (χ1) is 19.3. The number of carbonyl (C=O) groups is 1. The number of nitrogens with one attached hydrogen (secondary N) is 2. The van der Waals surface area contributed by atoms with E-state index in [1.165, 1.54) is 20.9 Å². The van der Waals surface area contributed by atoms with Gasteiger partial charge < -0.3 is 10.6 Å².